The van der Waals surface area contributed by atoms with E-state index in [1.54, 1.807) is 0 Å². The van der Waals surface area contributed by atoms with Crippen molar-refractivity contribution in [3.8, 4) is 0 Å². The molecule has 1 aromatic heterocycles. The SMILES string of the molecule is O=C(CNC(=O)c1ccc(F)nc1)NCc1ccccc1. The van der Waals surface area contributed by atoms with Gasteiger partial charge in [-0.05, 0) is 17.7 Å². The van der Waals surface area contributed by atoms with Gasteiger partial charge in [0.2, 0.25) is 11.9 Å². The third-order valence-electron chi connectivity index (χ3n) is 2.73. The molecule has 1 heterocycles. The summed E-state index contributed by atoms with van der Waals surface area (Å²) in [6.45, 7) is 0.247. The van der Waals surface area contributed by atoms with Gasteiger partial charge < -0.3 is 10.6 Å². The van der Waals surface area contributed by atoms with Crippen molar-refractivity contribution in [2.75, 3.05) is 6.54 Å². The highest BCUT2D eigenvalue weighted by atomic mass is 19.1. The van der Waals surface area contributed by atoms with Crippen molar-refractivity contribution < 1.29 is 14.0 Å². The van der Waals surface area contributed by atoms with Crippen LogP contribution in [0.15, 0.2) is 48.7 Å². The fraction of sp³-hybridized carbons (Fsp3) is 0.133. The van der Waals surface area contributed by atoms with Crippen LogP contribution in [-0.4, -0.2) is 23.3 Å². The second kappa shape index (κ2) is 7.14. The predicted octanol–water partition coefficient (Wildman–Crippen LogP) is 1.27. The number of hydrogen-bond donors (Lipinski definition) is 2. The minimum Gasteiger partial charge on any atom is -0.350 e. The zero-order valence-electron chi connectivity index (χ0n) is 11.2. The van der Waals surface area contributed by atoms with Crippen molar-refractivity contribution in [2.24, 2.45) is 0 Å². The highest BCUT2D eigenvalue weighted by molar-refractivity contribution is 5.96. The van der Waals surface area contributed by atoms with Crippen LogP contribution in [0.1, 0.15) is 15.9 Å². The Labute approximate surface area is 121 Å². The van der Waals surface area contributed by atoms with Gasteiger partial charge in [-0.2, -0.15) is 4.39 Å². The number of benzene rings is 1. The third-order valence-corrected chi connectivity index (χ3v) is 2.73. The molecule has 1 aromatic carbocycles. The first-order valence-electron chi connectivity index (χ1n) is 6.35. The average molecular weight is 287 g/mol. The lowest BCUT2D eigenvalue weighted by molar-refractivity contribution is -0.120. The van der Waals surface area contributed by atoms with Crippen LogP contribution in [-0.2, 0) is 11.3 Å². The third kappa shape index (κ3) is 4.68. The number of nitrogens with one attached hydrogen (secondary N) is 2. The van der Waals surface area contributed by atoms with Crippen LogP contribution in [0, 0.1) is 5.95 Å². The van der Waals surface area contributed by atoms with Gasteiger partial charge in [0.25, 0.3) is 5.91 Å². The van der Waals surface area contributed by atoms with Crippen LogP contribution in [0.25, 0.3) is 0 Å². The van der Waals surface area contributed by atoms with Crippen molar-refractivity contribution >= 4 is 11.8 Å². The van der Waals surface area contributed by atoms with Gasteiger partial charge in [-0.3, -0.25) is 9.59 Å². The van der Waals surface area contributed by atoms with Gasteiger partial charge in [-0.25, -0.2) is 4.98 Å². The molecular weight excluding hydrogens is 273 g/mol. The fourth-order valence-electron chi connectivity index (χ4n) is 1.63. The van der Waals surface area contributed by atoms with Gasteiger partial charge in [0, 0.05) is 12.7 Å². The molecule has 6 heteroatoms. The van der Waals surface area contributed by atoms with E-state index in [0.717, 1.165) is 17.8 Å². The largest absolute Gasteiger partial charge is 0.350 e. The smallest absolute Gasteiger partial charge is 0.253 e. The number of hydrogen-bond acceptors (Lipinski definition) is 3. The lowest BCUT2D eigenvalue weighted by Gasteiger charge is -2.07. The Kier molecular flexibility index (Phi) is 4.98. The number of halogens is 1. The molecule has 0 fully saturated rings. The summed E-state index contributed by atoms with van der Waals surface area (Å²) in [6, 6.07) is 11.8. The maximum Gasteiger partial charge on any atom is 0.253 e. The van der Waals surface area contributed by atoms with Crippen molar-refractivity contribution in [2.45, 2.75) is 6.54 Å². The number of pyridine rings is 1. The van der Waals surface area contributed by atoms with Gasteiger partial charge in [0.15, 0.2) is 0 Å². The zero-order valence-corrected chi connectivity index (χ0v) is 11.2. The molecule has 0 aliphatic carbocycles. The van der Waals surface area contributed by atoms with E-state index in [1.807, 2.05) is 30.3 Å². The normalized spacial score (nSPS) is 9.95. The van der Waals surface area contributed by atoms with Crippen LogP contribution in [0.5, 0.6) is 0 Å². The molecule has 0 spiro atoms. The summed E-state index contributed by atoms with van der Waals surface area (Å²) >= 11 is 0. The summed E-state index contributed by atoms with van der Waals surface area (Å²) in [5.41, 5.74) is 1.17. The molecule has 21 heavy (non-hydrogen) atoms. The van der Waals surface area contributed by atoms with E-state index in [4.69, 9.17) is 0 Å². The second-order valence-electron chi connectivity index (χ2n) is 4.31. The number of nitrogens with zero attached hydrogens (tertiary/aromatic N) is 1. The number of carbonyl (C=O) groups excluding carboxylic acids is 2. The standard InChI is InChI=1S/C15H14FN3O2/c16-13-7-6-12(9-17-13)15(21)19-10-14(20)18-8-11-4-2-1-3-5-11/h1-7,9H,8,10H2,(H,18,20)(H,19,21). The van der Waals surface area contributed by atoms with Crippen molar-refractivity contribution in [3.05, 3.63) is 65.7 Å². The van der Waals surface area contributed by atoms with Crippen LogP contribution in [0.2, 0.25) is 0 Å². The Morgan fingerprint density at radius 3 is 2.48 bits per heavy atom. The Morgan fingerprint density at radius 1 is 1.05 bits per heavy atom. The summed E-state index contributed by atoms with van der Waals surface area (Å²) in [7, 11) is 0. The average Bonchev–Trinajstić information content (AvgIpc) is 2.52. The molecule has 5 nitrogen and oxygen atoms in total. The minimum atomic E-state index is -0.660. The molecule has 2 rings (SSSR count). The van der Waals surface area contributed by atoms with E-state index >= 15 is 0 Å². The quantitative estimate of drug-likeness (QED) is 0.813. The molecular formula is C15H14FN3O2. The lowest BCUT2D eigenvalue weighted by atomic mass is 10.2. The Bertz CT molecular complexity index is 615. The van der Waals surface area contributed by atoms with Crippen molar-refractivity contribution in [1.29, 1.82) is 0 Å². The van der Waals surface area contributed by atoms with E-state index in [1.165, 1.54) is 6.07 Å². The van der Waals surface area contributed by atoms with E-state index in [9.17, 15) is 14.0 Å². The lowest BCUT2D eigenvalue weighted by Crippen LogP contribution is -2.36. The Morgan fingerprint density at radius 2 is 1.81 bits per heavy atom. The number of rotatable bonds is 5. The number of amides is 2. The van der Waals surface area contributed by atoms with Crippen LogP contribution >= 0.6 is 0 Å². The topological polar surface area (TPSA) is 71.1 Å². The highest BCUT2D eigenvalue weighted by Crippen LogP contribution is 1.99. The van der Waals surface area contributed by atoms with E-state index in [2.05, 4.69) is 15.6 Å². The monoisotopic (exact) mass is 287 g/mol. The Balaban J connectivity index is 1.76. The predicted molar refractivity (Wildman–Crippen MR) is 74.8 cm³/mol. The highest BCUT2D eigenvalue weighted by Gasteiger charge is 2.08. The summed E-state index contributed by atoms with van der Waals surface area (Å²) in [5.74, 6) is -1.44. The fourth-order valence-corrected chi connectivity index (χ4v) is 1.63. The molecule has 0 atom stereocenters. The Hall–Kier alpha value is -2.76. The first-order valence-corrected chi connectivity index (χ1v) is 6.35. The molecule has 0 saturated carbocycles. The molecule has 0 radical (unpaired) electrons. The molecule has 2 aromatic rings. The van der Waals surface area contributed by atoms with E-state index in [0.29, 0.717) is 6.54 Å². The molecule has 0 aliphatic heterocycles. The van der Waals surface area contributed by atoms with Crippen molar-refractivity contribution in [1.82, 2.24) is 15.6 Å². The van der Waals surface area contributed by atoms with Gasteiger partial charge in [0.05, 0.1) is 12.1 Å². The van der Waals surface area contributed by atoms with Crippen LogP contribution in [0.3, 0.4) is 0 Å². The first-order chi connectivity index (χ1) is 10.1. The van der Waals surface area contributed by atoms with Crippen LogP contribution in [0.4, 0.5) is 4.39 Å². The number of carbonyl (C=O) groups is 2. The summed E-state index contributed by atoms with van der Waals surface area (Å²) in [4.78, 5) is 26.7. The molecule has 0 bridgehead atoms. The van der Waals surface area contributed by atoms with Gasteiger partial charge in [0.1, 0.15) is 0 Å². The molecule has 2 N–H and O–H groups in total. The van der Waals surface area contributed by atoms with E-state index in [-0.39, 0.29) is 18.0 Å². The maximum atomic E-state index is 12.6. The summed E-state index contributed by atoms with van der Waals surface area (Å²) in [5, 5.41) is 5.13. The van der Waals surface area contributed by atoms with Gasteiger partial charge in [-0.15, -0.1) is 0 Å². The van der Waals surface area contributed by atoms with Crippen LogP contribution < -0.4 is 10.6 Å². The van der Waals surface area contributed by atoms with Crippen molar-refractivity contribution in [3.63, 3.8) is 0 Å². The molecule has 108 valence electrons. The molecule has 0 aliphatic rings. The first kappa shape index (κ1) is 14.6. The van der Waals surface area contributed by atoms with E-state index < -0.39 is 11.9 Å². The number of aromatic nitrogens is 1. The summed E-state index contributed by atoms with van der Waals surface area (Å²) < 4.78 is 12.6. The van der Waals surface area contributed by atoms with Gasteiger partial charge in [-0.1, -0.05) is 30.3 Å². The minimum absolute atomic E-state index is 0.150. The molecule has 0 unspecified atom stereocenters. The summed E-state index contributed by atoms with van der Waals surface area (Å²) in [6.07, 6.45) is 1.12. The molecule has 2 amide bonds. The maximum absolute atomic E-state index is 12.6. The zero-order chi connectivity index (χ0) is 15.1. The molecule has 0 saturated heterocycles. The second-order valence-corrected chi connectivity index (χ2v) is 4.31. The van der Waals surface area contributed by atoms with Gasteiger partial charge >= 0.3 is 0 Å².